The zero-order chi connectivity index (χ0) is 17.5. The van der Waals surface area contributed by atoms with Crippen LogP contribution in [-0.4, -0.2) is 35.5 Å². The molecular formula is C15H14Cl2N2O3S2. The Balaban J connectivity index is 1.88. The van der Waals surface area contributed by atoms with Crippen LogP contribution in [-0.2, 0) is 14.3 Å². The maximum Gasteiger partial charge on any atom is 0.315 e. The van der Waals surface area contributed by atoms with Crippen LogP contribution in [0.4, 0.5) is 5.13 Å². The van der Waals surface area contributed by atoms with E-state index >= 15 is 0 Å². The summed E-state index contributed by atoms with van der Waals surface area (Å²) < 4.78 is 4.53. The van der Waals surface area contributed by atoms with Crippen LogP contribution in [0.5, 0.6) is 0 Å². The van der Waals surface area contributed by atoms with Gasteiger partial charge < -0.3 is 10.1 Å². The molecule has 24 heavy (non-hydrogen) atoms. The Morgan fingerprint density at radius 2 is 2.17 bits per heavy atom. The molecule has 0 unspecified atom stereocenters. The van der Waals surface area contributed by atoms with Crippen LogP contribution < -0.4 is 5.32 Å². The summed E-state index contributed by atoms with van der Waals surface area (Å²) >= 11 is 14.8. The summed E-state index contributed by atoms with van der Waals surface area (Å²) in [5.41, 5.74) is 1.37. The molecule has 0 atom stereocenters. The third-order valence-electron chi connectivity index (χ3n) is 2.88. The number of rotatable bonds is 7. The van der Waals surface area contributed by atoms with Gasteiger partial charge in [-0.1, -0.05) is 23.2 Å². The Hall–Kier alpha value is -1.28. The first-order valence-electron chi connectivity index (χ1n) is 6.85. The number of hydrogen-bond donors (Lipinski definition) is 1. The maximum atomic E-state index is 11.9. The highest BCUT2D eigenvalue weighted by molar-refractivity contribution is 7.99. The van der Waals surface area contributed by atoms with Gasteiger partial charge in [0, 0.05) is 28.1 Å². The Labute approximate surface area is 157 Å². The van der Waals surface area contributed by atoms with Crippen LogP contribution in [0.15, 0.2) is 23.6 Å². The molecule has 0 saturated heterocycles. The van der Waals surface area contributed by atoms with Crippen molar-refractivity contribution in [3.63, 3.8) is 0 Å². The van der Waals surface area contributed by atoms with Gasteiger partial charge in [0.1, 0.15) is 0 Å². The molecule has 0 aliphatic carbocycles. The van der Waals surface area contributed by atoms with Gasteiger partial charge in [0.15, 0.2) is 5.13 Å². The molecule has 0 bridgehead atoms. The number of thiazole rings is 1. The molecule has 0 saturated carbocycles. The predicted molar refractivity (Wildman–Crippen MR) is 100 cm³/mol. The molecule has 0 radical (unpaired) electrons. The number of ether oxygens (including phenoxy) is 1. The molecule has 0 spiro atoms. The average molecular weight is 405 g/mol. The minimum Gasteiger partial charge on any atom is -0.468 e. The second-order valence-corrected chi connectivity index (χ2v) is 7.40. The SMILES string of the molecule is COC(=O)CSCCC(=O)Nc1nc(-c2cc(Cl)ccc2Cl)cs1. The third kappa shape index (κ3) is 5.66. The fourth-order valence-corrected chi connectivity index (χ4v) is 3.58. The number of halogens is 2. The van der Waals surface area contributed by atoms with Crippen molar-refractivity contribution in [2.24, 2.45) is 0 Å². The van der Waals surface area contributed by atoms with Gasteiger partial charge in [-0.25, -0.2) is 4.98 Å². The fraction of sp³-hybridized carbons (Fsp3) is 0.267. The van der Waals surface area contributed by atoms with E-state index in [2.05, 4.69) is 15.0 Å². The van der Waals surface area contributed by atoms with Crippen molar-refractivity contribution in [1.29, 1.82) is 0 Å². The number of nitrogens with one attached hydrogen (secondary N) is 1. The lowest BCUT2D eigenvalue weighted by molar-refractivity contribution is -0.137. The lowest BCUT2D eigenvalue weighted by Gasteiger charge is -2.02. The van der Waals surface area contributed by atoms with Crippen LogP contribution in [0, 0.1) is 0 Å². The summed E-state index contributed by atoms with van der Waals surface area (Å²) in [5.74, 6) is 0.298. The number of nitrogens with zero attached hydrogens (tertiary/aromatic N) is 1. The summed E-state index contributed by atoms with van der Waals surface area (Å²) in [6.45, 7) is 0. The van der Waals surface area contributed by atoms with Gasteiger partial charge in [-0.05, 0) is 18.2 Å². The second kappa shape index (κ2) is 9.27. The highest BCUT2D eigenvalue weighted by atomic mass is 35.5. The van der Waals surface area contributed by atoms with E-state index in [-0.39, 0.29) is 24.1 Å². The molecule has 1 aromatic heterocycles. The number of anilines is 1. The zero-order valence-corrected chi connectivity index (χ0v) is 15.8. The first kappa shape index (κ1) is 19.1. The minimum atomic E-state index is -0.302. The molecule has 0 fully saturated rings. The number of aromatic nitrogens is 1. The molecule has 9 heteroatoms. The summed E-state index contributed by atoms with van der Waals surface area (Å²) in [7, 11) is 1.34. The van der Waals surface area contributed by atoms with E-state index in [1.165, 1.54) is 30.2 Å². The monoisotopic (exact) mass is 404 g/mol. The molecule has 5 nitrogen and oxygen atoms in total. The number of carbonyl (C=O) groups is 2. The van der Waals surface area contributed by atoms with Gasteiger partial charge in [0.2, 0.25) is 5.91 Å². The van der Waals surface area contributed by atoms with Crippen molar-refractivity contribution in [1.82, 2.24) is 4.98 Å². The van der Waals surface area contributed by atoms with Crippen LogP contribution in [0.3, 0.4) is 0 Å². The molecular weight excluding hydrogens is 391 g/mol. The smallest absolute Gasteiger partial charge is 0.315 e. The first-order chi connectivity index (χ1) is 11.5. The van der Waals surface area contributed by atoms with Crippen molar-refractivity contribution in [3.8, 4) is 11.3 Å². The van der Waals surface area contributed by atoms with E-state index in [4.69, 9.17) is 23.2 Å². The van der Waals surface area contributed by atoms with E-state index in [1.807, 2.05) is 0 Å². The fourth-order valence-electron chi connectivity index (χ4n) is 1.71. The lowest BCUT2D eigenvalue weighted by Crippen LogP contribution is -2.13. The Bertz CT molecular complexity index is 737. The molecule has 0 aliphatic rings. The number of carbonyl (C=O) groups excluding carboxylic acids is 2. The number of methoxy groups -OCH3 is 1. The van der Waals surface area contributed by atoms with E-state index in [1.54, 1.807) is 23.6 Å². The van der Waals surface area contributed by atoms with Crippen molar-refractivity contribution >= 4 is 63.3 Å². The van der Waals surface area contributed by atoms with E-state index in [0.717, 1.165) is 5.56 Å². The first-order valence-corrected chi connectivity index (χ1v) is 9.64. The normalized spacial score (nSPS) is 10.5. The van der Waals surface area contributed by atoms with Gasteiger partial charge in [0.05, 0.1) is 23.6 Å². The number of benzene rings is 1. The maximum absolute atomic E-state index is 11.9. The highest BCUT2D eigenvalue weighted by Crippen LogP contribution is 2.32. The van der Waals surface area contributed by atoms with Gasteiger partial charge in [-0.3, -0.25) is 9.59 Å². The third-order valence-corrected chi connectivity index (χ3v) is 5.13. The Morgan fingerprint density at radius 3 is 2.92 bits per heavy atom. The van der Waals surface area contributed by atoms with E-state index < -0.39 is 0 Å². The van der Waals surface area contributed by atoms with Crippen LogP contribution >= 0.6 is 46.3 Å². The van der Waals surface area contributed by atoms with Crippen LogP contribution in [0.25, 0.3) is 11.3 Å². The molecule has 1 N–H and O–H groups in total. The van der Waals surface area contributed by atoms with Crippen molar-refractivity contribution in [2.75, 3.05) is 23.9 Å². The van der Waals surface area contributed by atoms with Gasteiger partial charge >= 0.3 is 5.97 Å². The topological polar surface area (TPSA) is 68.3 Å². The molecule has 0 aliphatic heterocycles. The summed E-state index contributed by atoms with van der Waals surface area (Å²) in [5, 5.41) is 6.13. The number of amides is 1. The summed E-state index contributed by atoms with van der Waals surface area (Å²) in [6.07, 6.45) is 0.286. The van der Waals surface area contributed by atoms with Crippen LogP contribution in [0.2, 0.25) is 10.0 Å². The van der Waals surface area contributed by atoms with E-state index in [0.29, 0.717) is 26.6 Å². The quantitative estimate of drug-likeness (QED) is 0.548. The highest BCUT2D eigenvalue weighted by Gasteiger charge is 2.11. The number of hydrogen-bond acceptors (Lipinski definition) is 6. The number of esters is 1. The molecule has 2 rings (SSSR count). The molecule has 2 aromatic rings. The van der Waals surface area contributed by atoms with Crippen molar-refractivity contribution in [3.05, 3.63) is 33.6 Å². The largest absolute Gasteiger partial charge is 0.468 e. The standard InChI is InChI=1S/C15H14Cl2N2O3S2/c1-22-14(21)8-23-5-4-13(20)19-15-18-12(7-24-15)10-6-9(16)2-3-11(10)17/h2-3,6-7H,4-5,8H2,1H3,(H,18,19,20). The Kier molecular flexibility index (Phi) is 7.36. The van der Waals surface area contributed by atoms with Gasteiger partial charge in [-0.15, -0.1) is 23.1 Å². The number of thioether (sulfide) groups is 1. The zero-order valence-electron chi connectivity index (χ0n) is 12.7. The van der Waals surface area contributed by atoms with Crippen LogP contribution in [0.1, 0.15) is 6.42 Å². The minimum absolute atomic E-state index is 0.162. The van der Waals surface area contributed by atoms with Gasteiger partial charge in [0.25, 0.3) is 0 Å². The molecule has 1 heterocycles. The molecule has 1 amide bonds. The molecule has 1 aromatic carbocycles. The summed E-state index contributed by atoms with van der Waals surface area (Å²) in [6, 6.07) is 5.14. The van der Waals surface area contributed by atoms with Crippen molar-refractivity contribution < 1.29 is 14.3 Å². The Morgan fingerprint density at radius 1 is 1.38 bits per heavy atom. The molecule has 128 valence electrons. The van der Waals surface area contributed by atoms with E-state index in [9.17, 15) is 9.59 Å². The van der Waals surface area contributed by atoms with Crippen molar-refractivity contribution in [2.45, 2.75) is 6.42 Å². The second-order valence-electron chi connectivity index (χ2n) is 4.59. The predicted octanol–water partition coefficient (Wildman–Crippen LogP) is 4.35. The van der Waals surface area contributed by atoms with Gasteiger partial charge in [-0.2, -0.15) is 0 Å². The average Bonchev–Trinajstić information content (AvgIpc) is 3.01. The summed E-state index contributed by atoms with van der Waals surface area (Å²) in [4.78, 5) is 27.2. The lowest BCUT2D eigenvalue weighted by atomic mass is 10.2.